The topological polar surface area (TPSA) is 101 Å². The fourth-order valence-corrected chi connectivity index (χ4v) is 5.55. The van der Waals surface area contributed by atoms with Gasteiger partial charge < -0.3 is 10.6 Å². The van der Waals surface area contributed by atoms with Crippen LogP contribution in [0.2, 0.25) is 0 Å². The number of hydrogen-bond acceptors (Lipinski definition) is 5. The summed E-state index contributed by atoms with van der Waals surface area (Å²) in [6.07, 6.45) is 6.98. The van der Waals surface area contributed by atoms with Gasteiger partial charge in [-0.05, 0) is 73.6 Å². The first-order valence-corrected chi connectivity index (χ1v) is 14.4. The number of imidazole rings is 1. The minimum absolute atomic E-state index is 0.0235. The van der Waals surface area contributed by atoms with Crippen molar-refractivity contribution in [3.05, 3.63) is 59.3 Å². The van der Waals surface area contributed by atoms with E-state index < -0.39 is 12.0 Å². The first kappa shape index (κ1) is 28.1. The van der Waals surface area contributed by atoms with Gasteiger partial charge in [-0.25, -0.2) is 23.3 Å². The largest absolute Gasteiger partial charge is 0.349 e. The molecule has 0 bridgehead atoms. The average Bonchev–Trinajstić information content (AvgIpc) is 3.68. The molecule has 0 aliphatic heterocycles. The van der Waals surface area contributed by atoms with Crippen molar-refractivity contribution in [2.45, 2.75) is 96.1 Å². The first-order chi connectivity index (χ1) is 19.1. The Balaban J connectivity index is 1.43. The molecule has 8 nitrogen and oxygen atoms in total. The summed E-state index contributed by atoms with van der Waals surface area (Å²) in [5.41, 5.74) is 3.15. The van der Waals surface area contributed by atoms with E-state index in [1.807, 2.05) is 32.9 Å². The van der Waals surface area contributed by atoms with E-state index in [1.54, 1.807) is 29.0 Å². The zero-order valence-corrected chi connectivity index (χ0v) is 23.4. The number of rotatable bonds is 10. The quantitative estimate of drug-likeness (QED) is 0.326. The minimum Gasteiger partial charge on any atom is -0.349 e. The second-order valence-corrected chi connectivity index (χ2v) is 11.6. The number of fused-ring (bicyclic) bond motifs is 1. The Bertz CT molecular complexity index is 1360. The van der Waals surface area contributed by atoms with Crippen molar-refractivity contribution in [3.63, 3.8) is 0 Å². The first-order valence-electron chi connectivity index (χ1n) is 14.4. The highest BCUT2D eigenvalue weighted by Gasteiger charge is 2.40. The van der Waals surface area contributed by atoms with Gasteiger partial charge in [0.05, 0.1) is 30.2 Å². The highest BCUT2D eigenvalue weighted by atomic mass is 19.3. The predicted octanol–water partition coefficient (Wildman–Crippen LogP) is 5.91. The number of alkyl halides is 2. The smallest absolute Gasteiger partial charge is 0.270 e. The maximum Gasteiger partial charge on any atom is 0.270 e. The van der Waals surface area contributed by atoms with Crippen molar-refractivity contribution in [3.8, 4) is 0 Å². The molecule has 40 heavy (non-hydrogen) atoms. The van der Waals surface area contributed by atoms with Crippen molar-refractivity contribution in [1.29, 1.82) is 0 Å². The molecule has 0 aromatic carbocycles. The SMILES string of the molecule is CCCC(=O)N[C@@H](c1cnn2cc([C@@H](NC(=O)c3cccc(C(C)C)n3)C3CCC(F)(F)CC3)nc2c1)C1CC1. The summed E-state index contributed by atoms with van der Waals surface area (Å²) in [6.45, 7) is 6.00. The molecule has 0 saturated heterocycles. The Morgan fingerprint density at radius 2 is 1.75 bits per heavy atom. The zero-order valence-electron chi connectivity index (χ0n) is 23.4. The lowest BCUT2D eigenvalue weighted by atomic mass is 9.81. The molecule has 3 heterocycles. The van der Waals surface area contributed by atoms with Gasteiger partial charge in [0.1, 0.15) is 5.69 Å². The number of pyridine rings is 1. The van der Waals surface area contributed by atoms with Crippen molar-refractivity contribution < 1.29 is 18.4 Å². The molecule has 2 aliphatic rings. The van der Waals surface area contributed by atoms with Gasteiger partial charge in [0, 0.05) is 25.0 Å². The summed E-state index contributed by atoms with van der Waals surface area (Å²) in [6, 6.07) is 6.59. The van der Waals surface area contributed by atoms with Gasteiger partial charge >= 0.3 is 0 Å². The Labute approximate surface area is 233 Å². The van der Waals surface area contributed by atoms with Crippen LogP contribution in [0.3, 0.4) is 0 Å². The van der Waals surface area contributed by atoms with Gasteiger partial charge in [-0.3, -0.25) is 9.59 Å². The molecule has 3 aromatic heterocycles. The second-order valence-electron chi connectivity index (χ2n) is 11.6. The van der Waals surface area contributed by atoms with Crippen LogP contribution in [0.1, 0.15) is 118 Å². The zero-order chi connectivity index (χ0) is 28.4. The lowest BCUT2D eigenvalue weighted by Gasteiger charge is -2.33. The highest BCUT2D eigenvalue weighted by Crippen LogP contribution is 2.42. The van der Waals surface area contributed by atoms with Crippen LogP contribution in [0.15, 0.2) is 36.7 Å². The molecular weight excluding hydrogens is 514 g/mol. The molecule has 0 unspecified atom stereocenters. The fourth-order valence-electron chi connectivity index (χ4n) is 5.55. The molecule has 2 N–H and O–H groups in total. The molecule has 2 amide bonds. The van der Waals surface area contributed by atoms with E-state index in [0.717, 1.165) is 30.5 Å². The normalized spacial score (nSPS) is 18.9. The average molecular weight is 553 g/mol. The molecule has 2 saturated carbocycles. The fraction of sp³-hybridized carbons (Fsp3) is 0.567. The number of hydrogen-bond donors (Lipinski definition) is 2. The van der Waals surface area contributed by atoms with Crippen LogP contribution < -0.4 is 10.6 Å². The minimum atomic E-state index is -2.69. The third-order valence-electron chi connectivity index (χ3n) is 8.04. The summed E-state index contributed by atoms with van der Waals surface area (Å²) in [7, 11) is 0. The molecule has 2 fully saturated rings. The lowest BCUT2D eigenvalue weighted by molar-refractivity contribution is -0.122. The summed E-state index contributed by atoms with van der Waals surface area (Å²) in [5.74, 6) is -2.68. The van der Waals surface area contributed by atoms with Crippen LogP contribution >= 0.6 is 0 Å². The Morgan fingerprint density at radius 3 is 2.42 bits per heavy atom. The monoisotopic (exact) mass is 552 g/mol. The van der Waals surface area contributed by atoms with Crippen molar-refractivity contribution in [2.75, 3.05) is 0 Å². The third kappa shape index (κ3) is 6.47. The van der Waals surface area contributed by atoms with Crippen LogP contribution in [0, 0.1) is 11.8 Å². The van der Waals surface area contributed by atoms with Gasteiger partial charge in [-0.2, -0.15) is 5.10 Å². The molecule has 2 atom stereocenters. The van der Waals surface area contributed by atoms with Crippen LogP contribution in [0.5, 0.6) is 0 Å². The van der Waals surface area contributed by atoms with E-state index in [9.17, 15) is 18.4 Å². The Kier molecular flexibility index (Phi) is 8.14. The maximum atomic E-state index is 14.0. The standard InChI is InChI=1S/C30H38F2N6O2/c1-4-6-26(39)36-27(19-9-10-19)21-15-25-35-24(17-38(25)33-16-21)28(20-11-13-30(31,32)14-12-20)37-29(40)23-8-5-7-22(34-23)18(2)3/h5,7-8,15-20,27-28H,4,6,9-14H2,1-3H3,(H,36,39)(H,37,40)/t27-,28+/m1/s1. The maximum absolute atomic E-state index is 14.0. The molecule has 5 rings (SSSR count). The van der Waals surface area contributed by atoms with E-state index in [4.69, 9.17) is 4.98 Å². The number of aromatic nitrogens is 4. The third-order valence-corrected chi connectivity index (χ3v) is 8.04. The van der Waals surface area contributed by atoms with Crippen LogP contribution in [0.4, 0.5) is 8.78 Å². The lowest BCUT2D eigenvalue weighted by Crippen LogP contribution is -2.37. The van der Waals surface area contributed by atoms with Crippen molar-refractivity contribution in [1.82, 2.24) is 30.2 Å². The molecule has 214 valence electrons. The Morgan fingerprint density at radius 1 is 1.02 bits per heavy atom. The number of carbonyl (C=O) groups is 2. The molecular formula is C30H38F2N6O2. The molecule has 0 radical (unpaired) electrons. The van der Waals surface area contributed by atoms with E-state index in [0.29, 0.717) is 23.7 Å². The van der Waals surface area contributed by atoms with Crippen LogP contribution in [0.25, 0.3) is 5.65 Å². The van der Waals surface area contributed by atoms with Crippen molar-refractivity contribution in [2.24, 2.45) is 11.8 Å². The highest BCUT2D eigenvalue weighted by molar-refractivity contribution is 5.92. The van der Waals surface area contributed by atoms with Gasteiger partial charge in [0.15, 0.2) is 5.65 Å². The van der Waals surface area contributed by atoms with Crippen LogP contribution in [-0.4, -0.2) is 37.3 Å². The van der Waals surface area contributed by atoms with Crippen molar-refractivity contribution >= 4 is 17.5 Å². The van der Waals surface area contributed by atoms with Gasteiger partial charge in [-0.1, -0.05) is 26.8 Å². The van der Waals surface area contributed by atoms with Gasteiger partial charge in [0.2, 0.25) is 11.8 Å². The number of halogens is 2. The summed E-state index contributed by atoms with van der Waals surface area (Å²) >= 11 is 0. The number of nitrogens with zero attached hydrogens (tertiary/aromatic N) is 4. The van der Waals surface area contributed by atoms with E-state index in [-0.39, 0.29) is 61.1 Å². The van der Waals surface area contributed by atoms with E-state index in [1.165, 1.54) is 0 Å². The van der Waals surface area contributed by atoms with Crippen LogP contribution in [-0.2, 0) is 4.79 Å². The van der Waals surface area contributed by atoms with Gasteiger partial charge in [0.25, 0.3) is 5.91 Å². The second kappa shape index (κ2) is 11.6. The summed E-state index contributed by atoms with van der Waals surface area (Å²) < 4.78 is 29.7. The Hall–Kier alpha value is -3.43. The number of carbonyl (C=O) groups excluding carboxylic acids is 2. The summed E-state index contributed by atoms with van der Waals surface area (Å²) in [4.78, 5) is 35.1. The van der Waals surface area contributed by atoms with Gasteiger partial charge in [-0.15, -0.1) is 0 Å². The van der Waals surface area contributed by atoms with E-state index >= 15 is 0 Å². The number of amides is 2. The van der Waals surface area contributed by atoms with E-state index in [2.05, 4.69) is 20.7 Å². The summed E-state index contributed by atoms with van der Waals surface area (Å²) in [5, 5.41) is 10.8. The predicted molar refractivity (Wildman–Crippen MR) is 147 cm³/mol. The molecule has 2 aliphatic carbocycles. The number of nitrogens with one attached hydrogen (secondary N) is 2. The molecule has 10 heteroatoms. The molecule has 3 aromatic rings. The molecule has 0 spiro atoms.